The Balaban J connectivity index is 3.23. The first-order valence-electron chi connectivity index (χ1n) is 4.46. The van der Waals surface area contributed by atoms with Crippen LogP contribution in [0.1, 0.15) is 24.2 Å². The molecule has 0 heterocycles. The van der Waals surface area contributed by atoms with Crippen molar-refractivity contribution in [1.82, 2.24) is 0 Å². The van der Waals surface area contributed by atoms with Crippen molar-refractivity contribution in [3.8, 4) is 0 Å². The van der Waals surface area contributed by atoms with Gasteiger partial charge in [0, 0.05) is 6.92 Å². The van der Waals surface area contributed by atoms with Gasteiger partial charge in [0.15, 0.2) is 0 Å². The molecule has 7 heteroatoms. The maximum absolute atomic E-state index is 12.8. The Kier molecular flexibility index (Phi) is 3.42. The molecule has 0 saturated heterocycles. The van der Waals surface area contributed by atoms with Gasteiger partial charge in [-0.3, -0.25) is 0 Å². The Hall–Kier alpha value is -1.24. The van der Waals surface area contributed by atoms with E-state index in [0.29, 0.717) is 19.1 Å². The van der Waals surface area contributed by atoms with E-state index in [9.17, 15) is 26.3 Å². The second kappa shape index (κ2) is 4.21. The summed E-state index contributed by atoms with van der Waals surface area (Å²) >= 11 is 0. The van der Waals surface area contributed by atoms with E-state index in [0.717, 1.165) is 0 Å². The highest BCUT2D eigenvalue weighted by atomic mass is 19.4. The fourth-order valence-corrected chi connectivity index (χ4v) is 1.22. The standard InChI is InChI=1S/C10H8F6O/c1-9(12,13)8(17)5-2-3-7(11)6(4-5)10(14,15)16/h2-4,8,17H,1H3. The maximum atomic E-state index is 12.8. The fraction of sp³-hybridized carbons (Fsp3) is 0.400. The first-order chi connectivity index (χ1) is 7.53. The minimum Gasteiger partial charge on any atom is -0.382 e. The number of hydrogen-bond donors (Lipinski definition) is 1. The molecule has 1 aromatic rings. The number of aliphatic hydroxyl groups excluding tert-OH is 1. The molecule has 0 amide bonds. The van der Waals surface area contributed by atoms with Crippen molar-refractivity contribution in [1.29, 1.82) is 0 Å². The molecule has 1 rings (SSSR count). The molecule has 0 aliphatic heterocycles. The molecule has 0 aliphatic rings. The maximum Gasteiger partial charge on any atom is 0.419 e. The van der Waals surface area contributed by atoms with Crippen LogP contribution in [0.2, 0.25) is 0 Å². The average molecular weight is 258 g/mol. The third-order valence-corrected chi connectivity index (χ3v) is 2.09. The summed E-state index contributed by atoms with van der Waals surface area (Å²) < 4.78 is 75.1. The number of halogens is 6. The van der Waals surface area contributed by atoms with Gasteiger partial charge in [-0.05, 0) is 17.7 Å². The normalized spacial score (nSPS) is 14.8. The van der Waals surface area contributed by atoms with Crippen molar-refractivity contribution in [3.63, 3.8) is 0 Å². The van der Waals surface area contributed by atoms with Gasteiger partial charge in [-0.15, -0.1) is 0 Å². The van der Waals surface area contributed by atoms with Crippen LogP contribution in [0, 0.1) is 5.82 Å². The zero-order valence-corrected chi connectivity index (χ0v) is 8.52. The highest BCUT2D eigenvalue weighted by Crippen LogP contribution is 2.36. The van der Waals surface area contributed by atoms with Crippen molar-refractivity contribution >= 4 is 0 Å². The van der Waals surface area contributed by atoms with E-state index in [2.05, 4.69) is 0 Å². The van der Waals surface area contributed by atoms with Gasteiger partial charge in [0.25, 0.3) is 5.92 Å². The van der Waals surface area contributed by atoms with Gasteiger partial charge in [-0.2, -0.15) is 13.2 Å². The first kappa shape index (κ1) is 13.8. The third-order valence-electron chi connectivity index (χ3n) is 2.09. The fourth-order valence-electron chi connectivity index (χ4n) is 1.22. The molecule has 0 fully saturated rings. The summed E-state index contributed by atoms with van der Waals surface area (Å²) in [6.07, 6.45) is -7.41. The van der Waals surface area contributed by atoms with E-state index in [4.69, 9.17) is 5.11 Å². The van der Waals surface area contributed by atoms with Gasteiger partial charge < -0.3 is 5.11 Å². The summed E-state index contributed by atoms with van der Waals surface area (Å²) in [5.41, 5.74) is -2.37. The average Bonchev–Trinajstić information content (AvgIpc) is 2.14. The lowest BCUT2D eigenvalue weighted by Crippen LogP contribution is -2.22. The van der Waals surface area contributed by atoms with Crippen molar-refractivity contribution in [2.24, 2.45) is 0 Å². The molecule has 17 heavy (non-hydrogen) atoms. The van der Waals surface area contributed by atoms with Crippen LogP contribution in [0.25, 0.3) is 0 Å². The smallest absolute Gasteiger partial charge is 0.382 e. The molecule has 0 aromatic heterocycles. The summed E-state index contributed by atoms with van der Waals surface area (Å²) in [7, 11) is 0. The van der Waals surface area contributed by atoms with Crippen LogP contribution in [-0.2, 0) is 6.18 Å². The number of aliphatic hydroxyl groups is 1. The van der Waals surface area contributed by atoms with Gasteiger partial charge in [0.05, 0.1) is 5.56 Å². The molecular formula is C10H8F6O. The Labute approximate surface area is 92.7 Å². The van der Waals surface area contributed by atoms with Crippen LogP contribution in [0.15, 0.2) is 18.2 Å². The summed E-state index contributed by atoms with van der Waals surface area (Å²) in [5, 5.41) is 9.10. The van der Waals surface area contributed by atoms with Gasteiger partial charge >= 0.3 is 6.18 Å². The number of alkyl halides is 5. The van der Waals surface area contributed by atoms with E-state index >= 15 is 0 Å². The highest BCUT2D eigenvalue weighted by molar-refractivity contribution is 5.29. The summed E-state index contributed by atoms with van der Waals surface area (Å²) in [5.74, 6) is -5.19. The zero-order chi connectivity index (χ0) is 13.4. The molecule has 1 unspecified atom stereocenters. The van der Waals surface area contributed by atoms with Crippen LogP contribution in [0.5, 0.6) is 0 Å². The van der Waals surface area contributed by atoms with E-state index in [-0.39, 0.29) is 6.07 Å². The van der Waals surface area contributed by atoms with Crippen LogP contribution >= 0.6 is 0 Å². The molecule has 1 nitrogen and oxygen atoms in total. The Morgan fingerprint density at radius 2 is 1.65 bits per heavy atom. The zero-order valence-electron chi connectivity index (χ0n) is 8.52. The van der Waals surface area contributed by atoms with E-state index in [1.807, 2.05) is 0 Å². The molecule has 96 valence electrons. The quantitative estimate of drug-likeness (QED) is 0.804. The van der Waals surface area contributed by atoms with Crippen molar-refractivity contribution in [2.45, 2.75) is 25.1 Å². The van der Waals surface area contributed by atoms with Crippen molar-refractivity contribution in [2.75, 3.05) is 0 Å². The van der Waals surface area contributed by atoms with Gasteiger partial charge in [0.1, 0.15) is 11.9 Å². The van der Waals surface area contributed by atoms with Gasteiger partial charge in [-0.25, -0.2) is 13.2 Å². The molecule has 0 aliphatic carbocycles. The first-order valence-corrected chi connectivity index (χ1v) is 4.46. The SMILES string of the molecule is CC(F)(F)C(O)c1ccc(F)c(C(F)(F)F)c1. The van der Waals surface area contributed by atoms with Crippen LogP contribution in [-0.4, -0.2) is 11.0 Å². The third kappa shape index (κ3) is 3.12. The van der Waals surface area contributed by atoms with E-state index in [1.54, 1.807) is 0 Å². The molecule has 0 spiro atoms. The molecule has 1 N–H and O–H groups in total. The molecule has 0 bridgehead atoms. The highest BCUT2D eigenvalue weighted by Gasteiger charge is 2.38. The number of hydrogen-bond acceptors (Lipinski definition) is 1. The second-order valence-corrected chi connectivity index (χ2v) is 3.60. The number of benzene rings is 1. The van der Waals surface area contributed by atoms with Crippen LogP contribution in [0.4, 0.5) is 26.3 Å². The monoisotopic (exact) mass is 258 g/mol. The van der Waals surface area contributed by atoms with Crippen LogP contribution < -0.4 is 0 Å². The predicted molar refractivity (Wildman–Crippen MR) is 47.0 cm³/mol. The van der Waals surface area contributed by atoms with Crippen LogP contribution in [0.3, 0.4) is 0 Å². The topological polar surface area (TPSA) is 20.2 Å². The Morgan fingerprint density at radius 1 is 1.12 bits per heavy atom. The lowest BCUT2D eigenvalue weighted by molar-refractivity contribution is -0.140. The molecular weight excluding hydrogens is 250 g/mol. The Morgan fingerprint density at radius 3 is 2.06 bits per heavy atom. The van der Waals surface area contributed by atoms with Crippen molar-refractivity contribution < 1.29 is 31.4 Å². The molecule has 0 saturated carbocycles. The van der Waals surface area contributed by atoms with Gasteiger partial charge in [0.2, 0.25) is 0 Å². The number of rotatable bonds is 2. The minimum absolute atomic E-state index is 0.178. The minimum atomic E-state index is -5.00. The predicted octanol–water partition coefficient (Wildman–Crippen LogP) is 3.53. The summed E-state index contributed by atoms with van der Waals surface area (Å²) in [4.78, 5) is 0. The lowest BCUT2D eigenvalue weighted by atomic mass is 10.0. The second-order valence-electron chi connectivity index (χ2n) is 3.60. The van der Waals surface area contributed by atoms with Crippen molar-refractivity contribution in [3.05, 3.63) is 35.1 Å². The largest absolute Gasteiger partial charge is 0.419 e. The summed E-state index contributed by atoms with van der Waals surface area (Å²) in [6.45, 7) is 0.355. The van der Waals surface area contributed by atoms with E-state index < -0.39 is 35.1 Å². The summed E-state index contributed by atoms with van der Waals surface area (Å²) in [6, 6.07) is 1.26. The molecule has 1 aromatic carbocycles. The molecule has 1 atom stereocenters. The van der Waals surface area contributed by atoms with E-state index in [1.165, 1.54) is 0 Å². The lowest BCUT2D eigenvalue weighted by Gasteiger charge is -2.19. The molecule has 0 radical (unpaired) electrons. The van der Waals surface area contributed by atoms with Gasteiger partial charge in [-0.1, -0.05) is 6.07 Å². The Bertz CT molecular complexity index is 406.